The molecule has 120 valence electrons. The standard InChI is InChI=1S/C16H27NO4/c1-2-17-6-10-20-14(12-17)15(18)13-3-7-21-16(11-13)4-8-19-9-5-16/h13-14H,2-12H2,1H3. The van der Waals surface area contributed by atoms with E-state index in [1.165, 1.54) is 0 Å². The summed E-state index contributed by atoms with van der Waals surface area (Å²) in [6.45, 7) is 7.70. The van der Waals surface area contributed by atoms with Crippen LogP contribution in [-0.2, 0) is 19.0 Å². The molecule has 0 radical (unpaired) electrons. The molecule has 0 amide bonds. The van der Waals surface area contributed by atoms with Crippen LogP contribution in [-0.4, -0.2) is 68.4 Å². The van der Waals surface area contributed by atoms with Gasteiger partial charge in [-0.1, -0.05) is 6.92 Å². The van der Waals surface area contributed by atoms with Gasteiger partial charge >= 0.3 is 0 Å². The Labute approximate surface area is 126 Å². The van der Waals surface area contributed by atoms with Crippen molar-refractivity contribution in [1.82, 2.24) is 4.90 Å². The molecule has 3 aliphatic rings. The molecule has 3 fully saturated rings. The molecule has 2 atom stereocenters. The average molecular weight is 297 g/mol. The minimum atomic E-state index is -0.237. The van der Waals surface area contributed by atoms with Gasteiger partial charge in [-0.25, -0.2) is 0 Å². The first-order valence-electron chi connectivity index (χ1n) is 8.32. The highest BCUT2D eigenvalue weighted by molar-refractivity contribution is 5.86. The second-order valence-electron chi connectivity index (χ2n) is 6.49. The van der Waals surface area contributed by atoms with Crippen LogP contribution in [0.1, 0.15) is 32.6 Å². The van der Waals surface area contributed by atoms with Crippen molar-refractivity contribution < 1.29 is 19.0 Å². The van der Waals surface area contributed by atoms with Crippen molar-refractivity contribution in [2.75, 3.05) is 46.1 Å². The number of likely N-dealkylation sites (N-methyl/N-ethyl adjacent to an activating group) is 1. The fourth-order valence-corrected chi connectivity index (χ4v) is 3.79. The van der Waals surface area contributed by atoms with Crippen molar-refractivity contribution in [3.63, 3.8) is 0 Å². The van der Waals surface area contributed by atoms with E-state index in [1.807, 2.05) is 0 Å². The van der Waals surface area contributed by atoms with Crippen LogP contribution in [0.3, 0.4) is 0 Å². The van der Waals surface area contributed by atoms with Crippen molar-refractivity contribution in [3.05, 3.63) is 0 Å². The lowest BCUT2D eigenvalue weighted by atomic mass is 9.78. The predicted molar refractivity (Wildman–Crippen MR) is 78.3 cm³/mol. The summed E-state index contributed by atoms with van der Waals surface area (Å²) in [5.74, 6) is 0.390. The number of Topliss-reactive ketones (excluding diaryl/α,β-unsaturated/α-hetero) is 1. The van der Waals surface area contributed by atoms with E-state index >= 15 is 0 Å². The summed E-state index contributed by atoms with van der Waals surface area (Å²) in [4.78, 5) is 15.1. The van der Waals surface area contributed by atoms with Gasteiger partial charge in [-0.3, -0.25) is 9.69 Å². The Hall–Kier alpha value is -0.490. The van der Waals surface area contributed by atoms with Crippen molar-refractivity contribution in [3.8, 4) is 0 Å². The molecule has 0 saturated carbocycles. The van der Waals surface area contributed by atoms with Gasteiger partial charge in [0.1, 0.15) is 6.10 Å². The summed E-state index contributed by atoms with van der Waals surface area (Å²) >= 11 is 0. The first kappa shape index (κ1) is 15.4. The van der Waals surface area contributed by atoms with Crippen molar-refractivity contribution in [2.45, 2.75) is 44.3 Å². The van der Waals surface area contributed by atoms with E-state index in [1.54, 1.807) is 0 Å². The predicted octanol–water partition coefficient (Wildman–Crippen LogP) is 1.25. The maximum atomic E-state index is 12.8. The number of carbonyl (C=O) groups is 1. The number of rotatable bonds is 3. The van der Waals surface area contributed by atoms with Crippen LogP contribution in [0.25, 0.3) is 0 Å². The first-order chi connectivity index (χ1) is 10.2. The number of nitrogens with zero attached hydrogens (tertiary/aromatic N) is 1. The molecule has 21 heavy (non-hydrogen) atoms. The normalized spacial score (nSPS) is 34.0. The molecule has 1 spiro atoms. The van der Waals surface area contributed by atoms with Gasteiger partial charge in [0.05, 0.1) is 12.2 Å². The lowest BCUT2D eigenvalue weighted by molar-refractivity contribution is -0.165. The molecule has 0 aromatic carbocycles. The third kappa shape index (κ3) is 3.47. The van der Waals surface area contributed by atoms with Gasteiger partial charge < -0.3 is 14.2 Å². The zero-order chi connectivity index (χ0) is 14.7. The molecule has 0 aliphatic carbocycles. The Bertz CT molecular complexity index is 362. The summed E-state index contributed by atoms with van der Waals surface area (Å²) in [5, 5.41) is 0. The van der Waals surface area contributed by atoms with Gasteiger partial charge in [0.2, 0.25) is 0 Å². The van der Waals surface area contributed by atoms with Gasteiger partial charge in [0, 0.05) is 38.8 Å². The van der Waals surface area contributed by atoms with Gasteiger partial charge in [-0.15, -0.1) is 0 Å². The summed E-state index contributed by atoms with van der Waals surface area (Å²) in [6, 6.07) is 0. The van der Waals surface area contributed by atoms with Gasteiger partial charge in [0.15, 0.2) is 5.78 Å². The Morgan fingerprint density at radius 2 is 2.05 bits per heavy atom. The van der Waals surface area contributed by atoms with E-state index in [4.69, 9.17) is 14.2 Å². The van der Waals surface area contributed by atoms with E-state index < -0.39 is 0 Å². The number of ether oxygens (including phenoxy) is 3. The van der Waals surface area contributed by atoms with Crippen LogP contribution in [0.15, 0.2) is 0 Å². The van der Waals surface area contributed by atoms with E-state index in [9.17, 15) is 4.79 Å². The molecule has 3 heterocycles. The molecule has 3 aliphatic heterocycles. The molecule has 3 saturated heterocycles. The Morgan fingerprint density at radius 3 is 2.81 bits per heavy atom. The molecular weight excluding hydrogens is 270 g/mol. The van der Waals surface area contributed by atoms with Crippen LogP contribution >= 0.6 is 0 Å². The summed E-state index contributed by atoms with van der Waals surface area (Å²) < 4.78 is 17.2. The summed E-state index contributed by atoms with van der Waals surface area (Å²) in [5.41, 5.74) is -0.115. The minimum absolute atomic E-state index is 0.0960. The zero-order valence-electron chi connectivity index (χ0n) is 13.0. The van der Waals surface area contributed by atoms with Crippen molar-refractivity contribution in [2.24, 2.45) is 5.92 Å². The average Bonchev–Trinajstić information content (AvgIpc) is 2.55. The second kappa shape index (κ2) is 6.73. The maximum absolute atomic E-state index is 12.8. The SMILES string of the molecule is CCN1CCOC(C(=O)C2CCOC3(CCOCC3)C2)C1. The molecular formula is C16H27NO4. The fraction of sp³-hybridized carbons (Fsp3) is 0.938. The molecule has 0 aromatic rings. The molecule has 2 unspecified atom stereocenters. The molecule has 0 bridgehead atoms. The number of carbonyl (C=O) groups excluding carboxylic acids is 1. The van der Waals surface area contributed by atoms with Crippen LogP contribution in [0.5, 0.6) is 0 Å². The first-order valence-corrected chi connectivity index (χ1v) is 8.32. The second-order valence-corrected chi connectivity index (χ2v) is 6.49. The molecule has 5 nitrogen and oxygen atoms in total. The number of morpholine rings is 1. The zero-order valence-corrected chi connectivity index (χ0v) is 13.0. The topological polar surface area (TPSA) is 48.0 Å². The third-order valence-corrected chi connectivity index (χ3v) is 5.21. The van der Waals surface area contributed by atoms with Crippen LogP contribution in [0, 0.1) is 5.92 Å². The van der Waals surface area contributed by atoms with Crippen LogP contribution in [0.2, 0.25) is 0 Å². The van der Waals surface area contributed by atoms with Crippen molar-refractivity contribution in [1.29, 1.82) is 0 Å². The lowest BCUT2D eigenvalue weighted by Gasteiger charge is -2.44. The smallest absolute Gasteiger partial charge is 0.166 e. The van der Waals surface area contributed by atoms with E-state index in [0.717, 1.165) is 58.5 Å². The van der Waals surface area contributed by atoms with Crippen LogP contribution < -0.4 is 0 Å². The Morgan fingerprint density at radius 1 is 1.24 bits per heavy atom. The van der Waals surface area contributed by atoms with E-state index in [0.29, 0.717) is 19.0 Å². The third-order valence-electron chi connectivity index (χ3n) is 5.21. The molecule has 5 heteroatoms. The number of ketones is 1. The quantitative estimate of drug-likeness (QED) is 0.785. The fourth-order valence-electron chi connectivity index (χ4n) is 3.79. The minimum Gasteiger partial charge on any atom is -0.381 e. The summed E-state index contributed by atoms with van der Waals surface area (Å²) in [7, 11) is 0. The number of hydrogen-bond acceptors (Lipinski definition) is 5. The van der Waals surface area contributed by atoms with E-state index in [-0.39, 0.29) is 17.6 Å². The maximum Gasteiger partial charge on any atom is 0.166 e. The highest BCUT2D eigenvalue weighted by atomic mass is 16.5. The Kier molecular flexibility index (Phi) is 4.94. The summed E-state index contributed by atoms with van der Waals surface area (Å²) in [6.07, 6.45) is 3.29. The lowest BCUT2D eigenvalue weighted by Crippen LogP contribution is -2.51. The van der Waals surface area contributed by atoms with Crippen LogP contribution in [0.4, 0.5) is 0 Å². The van der Waals surface area contributed by atoms with Gasteiger partial charge in [-0.05, 0) is 32.2 Å². The number of hydrogen-bond donors (Lipinski definition) is 0. The van der Waals surface area contributed by atoms with Gasteiger partial charge in [-0.2, -0.15) is 0 Å². The Balaban J connectivity index is 1.61. The monoisotopic (exact) mass is 297 g/mol. The van der Waals surface area contributed by atoms with Gasteiger partial charge in [0.25, 0.3) is 0 Å². The molecule has 0 aromatic heterocycles. The highest BCUT2D eigenvalue weighted by Gasteiger charge is 2.43. The highest BCUT2D eigenvalue weighted by Crippen LogP contribution is 2.38. The molecule has 3 rings (SSSR count). The largest absolute Gasteiger partial charge is 0.381 e. The van der Waals surface area contributed by atoms with E-state index in [2.05, 4.69) is 11.8 Å². The molecule has 0 N–H and O–H groups in total. The van der Waals surface area contributed by atoms with Crippen molar-refractivity contribution >= 4 is 5.78 Å².